The summed E-state index contributed by atoms with van der Waals surface area (Å²) in [7, 11) is -1.88. The molecule has 2 N–H and O–H groups in total. The molecule has 8 nitrogen and oxygen atoms in total. The highest BCUT2D eigenvalue weighted by Crippen LogP contribution is 2.35. The molecule has 2 heterocycles. The molecule has 1 aromatic heterocycles. The van der Waals surface area contributed by atoms with E-state index in [1.165, 1.54) is 34.8 Å². The Morgan fingerprint density at radius 1 is 1.12 bits per heavy atom. The van der Waals surface area contributed by atoms with Crippen LogP contribution in [0.25, 0.3) is 22.2 Å². The number of carbonyl (C=O) groups excluding carboxylic acids is 1. The second-order valence-electron chi connectivity index (χ2n) is 9.63. The summed E-state index contributed by atoms with van der Waals surface area (Å²) >= 11 is 0. The standard InChI is InChI=1S/C25H32N4O4S/c1-16-14-19(6-8-21(16)20-7-9-23-22(15-20)26-17(2)28(23)5)18-10-12-29(13-11-18)34(32,33)25(3,4)24(30)27-31/h6-9,14-15,18,31H,10-13H2,1-5H3,(H,27,30). The van der Waals surface area contributed by atoms with Crippen LogP contribution in [0.5, 0.6) is 0 Å². The zero-order chi connectivity index (χ0) is 24.8. The van der Waals surface area contributed by atoms with Gasteiger partial charge >= 0.3 is 0 Å². The number of nitrogens with one attached hydrogen (secondary N) is 1. The van der Waals surface area contributed by atoms with Crippen molar-refractivity contribution in [2.75, 3.05) is 13.1 Å². The molecule has 1 amide bonds. The number of benzene rings is 2. The maximum atomic E-state index is 13.0. The molecule has 182 valence electrons. The maximum absolute atomic E-state index is 13.0. The van der Waals surface area contributed by atoms with Crippen molar-refractivity contribution in [3.05, 3.63) is 53.3 Å². The highest BCUT2D eigenvalue weighted by Gasteiger charge is 2.46. The van der Waals surface area contributed by atoms with Gasteiger partial charge in [0.25, 0.3) is 5.91 Å². The second-order valence-corrected chi connectivity index (χ2v) is 12.1. The molecule has 1 saturated heterocycles. The first-order valence-electron chi connectivity index (χ1n) is 11.5. The number of sulfonamides is 1. The van der Waals surface area contributed by atoms with Gasteiger partial charge in [-0.3, -0.25) is 10.0 Å². The van der Waals surface area contributed by atoms with Crippen LogP contribution < -0.4 is 5.48 Å². The fourth-order valence-electron chi connectivity index (χ4n) is 4.76. The lowest BCUT2D eigenvalue weighted by Gasteiger charge is -2.36. The van der Waals surface area contributed by atoms with Crippen molar-refractivity contribution in [1.29, 1.82) is 0 Å². The fourth-order valence-corrected chi connectivity index (χ4v) is 6.37. The smallest absolute Gasteiger partial charge is 0.265 e. The van der Waals surface area contributed by atoms with Crippen molar-refractivity contribution in [2.45, 2.75) is 51.2 Å². The average Bonchev–Trinajstić information content (AvgIpc) is 3.10. The van der Waals surface area contributed by atoms with Crippen molar-refractivity contribution < 1.29 is 18.4 Å². The predicted molar refractivity (Wildman–Crippen MR) is 132 cm³/mol. The minimum atomic E-state index is -3.90. The van der Waals surface area contributed by atoms with Crippen molar-refractivity contribution in [1.82, 2.24) is 19.3 Å². The number of nitrogens with zero attached hydrogens (tertiary/aromatic N) is 3. The van der Waals surface area contributed by atoms with Crippen LogP contribution >= 0.6 is 0 Å². The number of imidazole rings is 1. The molecule has 2 aromatic carbocycles. The summed E-state index contributed by atoms with van der Waals surface area (Å²) in [5.41, 5.74) is 8.21. The number of aryl methyl sites for hydroxylation is 3. The quantitative estimate of drug-likeness (QED) is 0.425. The van der Waals surface area contributed by atoms with Gasteiger partial charge in [-0.05, 0) is 80.8 Å². The number of carbonyl (C=O) groups is 1. The maximum Gasteiger partial charge on any atom is 0.265 e. The van der Waals surface area contributed by atoms with Gasteiger partial charge in [-0.15, -0.1) is 0 Å². The van der Waals surface area contributed by atoms with E-state index < -0.39 is 20.7 Å². The van der Waals surface area contributed by atoms with Crippen LogP contribution in [0.15, 0.2) is 36.4 Å². The Labute approximate surface area is 200 Å². The van der Waals surface area contributed by atoms with Gasteiger partial charge in [-0.1, -0.05) is 24.3 Å². The summed E-state index contributed by atoms with van der Waals surface area (Å²) in [6, 6.07) is 12.8. The van der Waals surface area contributed by atoms with Crippen molar-refractivity contribution >= 4 is 27.0 Å². The van der Waals surface area contributed by atoms with E-state index in [-0.39, 0.29) is 5.92 Å². The van der Waals surface area contributed by atoms with E-state index in [4.69, 9.17) is 5.21 Å². The predicted octanol–water partition coefficient (Wildman–Crippen LogP) is 3.65. The molecule has 0 saturated carbocycles. The summed E-state index contributed by atoms with van der Waals surface area (Å²) in [5.74, 6) is 0.294. The normalized spacial score (nSPS) is 16.2. The summed E-state index contributed by atoms with van der Waals surface area (Å²) in [6.07, 6.45) is 1.35. The number of hydrogen-bond donors (Lipinski definition) is 2. The van der Waals surface area contributed by atoms with Gasteiger partial charge in [0.15, 0.2) is 4.75 Å². The molecule has 0 unspecified atom stereocenters. The van der Waals surface area contributed by atoms with Gasteiger partial charge in [-0.2, -0.15) is 0 Å². The average molecular weight is 485 g/mol. The van der Waals surface area contributed by atoms with Crippen molar-refractivity contribution in [2.24, 2.45) is 7.05 Å². The van der Waals surface area contributed by atoms with E-state index in [1.54, 1.807) is 0 Å². The van der Waals surface area contributed by atoms with E-state index in [1.807, 2.05) is 14.0 Å². The molecular formula is C25H32N4O4S. The van der Waals surface area contributed by atoms with E-state index in [0.717, 1.165) is 28.0 Å². The highest BCUT2D eigenvalue weighted by atomic mass is 32.2. The van der Waals surface area contributed by atoms with E-state index in [0.29, 0.717) is 25.9 Å². The minimum Gasteiger partial charge on any atom is -0.331 e. The molecule has 0 radical (unpaired) electrons. The van der Waals surface area contributed by atoms with Crippen LogP contribution in [0.1, 0.15) is 49.6 Å². The Hall–Kier alpha value is -2.75. The van der Waals surface area contributed by atoms with Crippen LogP contribution in [0.3, 0.4) is 0 Å². The fraction of sp³-hybridized carbons (Fsp3) is 0.440. The Bertz CT molecular complexity index is 1350. The Morgan fingerprint density at radius 3 is 2.41 bits per heavy atom. The zero-order valence-electron chi connectivity index (χ0n) is 20.3. The van der Waals surface area contributed by atoms with Crippen LogP contribution in [-0.2, 0) is 21.9 Å². The molecule has 34 heavy (non-hydrogen) atoms. The third kappa shape index (κ3) is 4.01. The van der Waals surface area contributed by atoms with Crippen molar-refractivity contribution in [3.8, 4) is 11.1 Å². The van der Waals surface area contributed by atoms with Gasteiger partial charge in [0, 0.05) is 20.1 Å². The zero-order valence-corrected chi connectivity index (χ0v) is 21.1. The van der Waals surface area contributed by atoms with Crippen LogP contribution in [0.2, 0.25) is 0 Å². The van der Waals surface area contributed by atoms with Crippen LogP contribution in [0, 0.1) is 13.8 Å². The molecule has 4 rings (SSSR count). The summed E-state index contributed by atoms with van der Waals surface area (Å²) in [6.45, 7) is 7.40. The minimum absolute atomic E-state index is 0.245. The highest BCUT2D eigenvalue weighted by molar-refractivity contribution is 7.91. The number of hydroxylamine groups is 1. The largest absolute Gasteiger partial charge is 0.331 e. The number of hydrogen-bond acceptors (Lipinski definition) is 5. The third-order valence-corrected chi connectivity index (χ3v) is 9.74. The summed E-state index contributed by atoms with van der Waals surface area (Å²) in [5, 5.41) is 8.93. The van der Waals surface area contributed by atoms with Crippen molar-refractivity contribution in [3.63, 3.8) is 0 Å². The topological polar surface area (TPSA) is 105 Å². The first-order chi connectivity index (χ1) is 16.0. The van der Waals surface area contributed by atoms with E-state index >= 15 is 0 Å². The lowest BCUT2D eigenvalue weighted by atomic mass is 9.87. The molecule has 0 atom stereocenters. The molecule has 9 heteroatoms. The lowest BCUT2D eigenvalue weighted by molar-refractivity contribution is -0.131. The molecule has 1 fully saturated rings. The Morgan fingerprint density at radius 2 is 1.79 bits per heavy atom. The molecule has 0 bridgehead atoms. The number of amides is 1. The van der Waals surface area contributed by atoms with E-state index in [9.17, 15) is 13.2 Å². The van der Waals surface area contributed by atoms with Gasteiger partial charge in [-0.25, -0.2) is 23.2 Å². The molecular weight excluding hydrogens is 452 g/mol. The van der Waals surface area contributed by atoms with E-state index in [2.05, 4.69) is 52.9 Å². The summed E-state index contributed by atoms with van der Waals surface area (Å²) in [4.78, 5) is 16.6. The van der Waals surface area contributed by atoms with Crippen LogP contribution in [-0.4, -0.2) is 51.2 Å². The first kappa shape index (κ1) is 24.4. The SMILES string of the molecule is Cc1cc(C2CCN(S(=O)(=O)C(C)(C)C(=O)NO)CC2)ccc1-c1ccc2c(c1)nc(C)n2C. The monoisotopic (exact) mass is 484 g/mol. The Balaban J connectivity index is 1.51. The molecule has 1 aliphatic rings. The van der Waals surface area contributed by atoms with Gasteiger partial charge in [0.2, 0.25) is 10.0 Å². The summed E-state index contributed by atoms with van der Waals surface area (Å²) < 4.78 is 27.7. The number of piperidine rings is 1. The molecule has 0 aliphatic carbocycles. The first-order valence-corrected chi connectivity index (χ1v) is 12.9. The number of rotatable bonds is 5. The second kappa shape index (κ2) is 8.79. The molecule has 0 spiro atoms. The number of aromatic nitrogens is 2. The van der Waals surface area contributed by atoms with Gasteiger partial charge < -0.3 is 4.57 Å². The van der Waals surface area contributed by atoms with Crippen LogP contribution in [0.4, 0.5) is 0 Å². The molecule has 1 aliphatic heterocycles. The van der Waals surface area contributed by atoms with Gasteiger partial charge in [0.1, 0.15) is 5.82 Å². The third-order valence-electron chi connectivity index (χ3n) is 7.22. The molecule has 3 aromatic rings. The Kier molecular flexibility index (Phi) is 6.30. The van der Waals surface area contributed by atoms with Gasteiger partial charge in [0.05, 0.1) is 11.0 Å². The number of fused-ring (bicyclic) bond motifs is 1. The lowest BCUT2D eigenvalue weighted by Crippen LogP contribution is -2.54.